The maximum absolute atomic E-state index is 11.9. The van der Waals surface area contributed by atoms with Gasteiger partial charge in [-0.15, -0.1) is 0 Å². The minimum Gasteiger partial charge on any atom is -0.455 e. The van der Waals surface area contributed by atoms with E-state index in [-0.39, 0.29) is 24.0 Å². The first-order valence-electron chi connectivity index (χ1n) is 7.34. The van der Waals surface area contributed by atoms with Gasteiger partial charge in [-0.2, -0.15) is 11.3 Å². The van der Waals surface area contributed by atoms with Gasteiger partial charge in [-0.1, -0.05) is 12.1 Å². The van der Waals surface area contributed by atoms with E-state index in [1.165, 1.54) is 23.5 Å². The van der Waals surface area contributed by atoms with Crippen LogP contribution in [0.3, 0.4) is 0 Å². The molecule has 2 rings (SSSR count). The predicted octanol–water partition coefficient (Wildman–Crippen LogP) is 1.36. The highest BCUT2D eigenvalue weighted by Crippen LogP contribution is 2.15. The van der Waals surface area contributed by atoms with Gasteiger partial charge in [-0.05, 0) is 47.0 Å². The molecule has 0 aliphatic rings. The normalized spacial score (nSPS) is 12.4. The van der Waals surface area contributed by atoms with Crippen LogP contribution in [0.25, 0.3) is 0 Å². The first-order valence-corrected chi connectivity index (χ1v) is 9.83. The molecule has 0 fully saturated rings. The van der Waals surface area contributed by atoms with Crippen molar-refractivity contribution in [1.29, 1.82) is 0 Å². The Labute approximate surface area is 149 Å². The lowest BCUT2D eigenvalue weighted by Crippen LogP contribution is -2.31. The molecule has 25 heavy (non-hydrogen) atoms. The van der Waals surface area contributed by atoms with Crippen LogP contribution in [0.1, 0.15) is 24.1 Å². The molecule has 0 saturated heterocycles. The van der Waals surface area contributed by atoms with E-state index in [9.17, 15) is 18.0 Å². The Morgan fingerprint density at radius 3 is 2.48 bits per heavy atom. The molecular weight excluding hydrogens is 364 g/mol. The number of rotatable bonds is 7. The Bertz CT molecular complexity index is 830. The zero-order valence-electron chi connectivity index (χ0n) is 13.5. The van der Waals surface area contributed by atoms with Crippen LogP contribution >= 0.6 is 11.3 Å². The number of carbonyl (C=O) groups is 2. The first-order chi connectivity index (χ1) is 11.8. The first kappa shape index (κ1) is 19.1. The van der Waals surface area contributed by atoms with Crippen LogP contribution in [0.4, 0.5) is 0 Å². The Kier molecular flexibility index (Phi) is 6.29. The summed E-state index contributed by atoms with van der Waals surface area (Å²) >= 11 is 1.48. The average Bonchev–Trinajstić information content (AvgIpc) is 3.05. The fourth-order valence-corrected chi connectivity index (χ4v) is 3.25. The molecule has 134 valence electrons. The highest BCUT2D eigenvalue weighted by molar-refractivity contribution is 7.89. The molecule has 0 aliphatic heterocycles. The van der Waals surface area contributed by atoms with Gasteiger partial charge in [0.15, 0.2) is 6.61 Å². The lowest BCUT2D eigenvalue weighted by atomic mass is 10.1. The molecule has 1 heterocycles. The Hall–Kier alpha value is -2.23. The number of hydrogen-bond donors (Lipinski definition) is 2. The zero-order chi connectivity index (χ0) is 18.4. The second-order valence-corrected chi connectivity index (χ2v) is 7.71. The van der Waals surface area contributed by atoms with Crippen molar-refractivity contribution >= 4 is 33.2 Å². The lowest BCUT2D eigenvalue weighted by molar-refractivity contribution is -0.148. The molecule has 0 bridgehead atoms. The monoisotopic (exact) mass is 382 g/mol. The van der Waals surface area contributed by atoms with E-state index in [0.717, 1.165) is 5.56 Å². The Balaban J connectivity index is 1.82. The van der Waals surface area contributed by atoms with Gasteiger partial charge < -0.3 is 10.1 Å². The standard InChI is InChI=1S/C16H18N2O5S2/c1-11(13-2-4-14(5-3-13)25(17,21)22)18-15(19)9-23-16(20)8-12-6-7-24-10-12/h2-7,10-11H,8-9H2,1H3,(H,18,19)(H2,17,21,22)/t11-/m0/s1. The summed E-state index contributed by atoms with van der Waals surface area (Å²) in [5, 5.41) is 11.4. The number of thiophene rings is 1. The van der Waals surface area contributed by atoms with Crippen LogP contribution in [-0.4, -0.2) is 26.9 Å². The summed E-state index contributed by atoms with van der Waals surface area (Å²) in [5.74, 6) is -0.916. The zero-order valence-corrected chi connectivity index (χ0v) is 15.1. The molecule has 1 atom stereocenters. The van der Waals surface area contributed by atoms with E-state index >= 15 is 0 Å². The number of primary sulfonamides is 1. The minimum atomic E-state index is -3.75. The summed E-state index contributed by atoms with van der Waals surface area (Å²) in [7, 11) is -3.75. The van der Waals surface area contributed by atoms with E-state index in [4.69, 9.17) is 9.88 Å². The predicted molar refractivity (Wildman–Crippen MR) is 93.4 cm³/mol. The summed E-state index contributed by atoms with van der Waals surface area (Å²) < 4.78 is 27.4. The number of carbonyl (C=O) groups excluding carboxylic acids is 2. The summed E-state index contributed by atoms with van der Waals surface area (Å²) in [5.41, 5.74) is 1.55. The van der Waals surface area contributed by atoms with Crippen molar-refractivity contribution < 1.29 is 22.7 Å². The summed E-state index contributed by atoms with van der Waals surface area (Å²) in [6.07, 6.45) is 0.126. The van der Waals surface area contributed by atoms with E-state index < -0.39 is 21.9 Å². The fraction of sp³-hybridized carbons (Fsp3) is 0.250. The van der Waals surface area contributed by atoms with E-state index in [1.807, 2.05) is 16.8 Å². The van der Waals surface area contributed by atoms with Gasteiger partial charge in [0.1, 0.15) is 0 Å². The number of hydrogen-bond acceptors (Lipinski definition) is 6. The van der Waals surface area contributed by atoms with Crippen molar-refractivity contribution in [2.24, 2.45) is 5.14 Å². The fourth-order valence-electron chi connectivity index (χ4n) is 2.07. The van der Waals surface area contributed by atoms with Gasteiger partial charge in [0.25, 0.3) is 5.91 Å². The second kappa shape index (κ2) is 8.24. The van der Waals surface area contributed by atoms with Crippen molar-refractivity contribution in [3.8, 4) is 0 Å². The van der Waals surface area contributed by atoms with Crippen molar-refractivity contribution in [1.82, 2.24) is 5.32 Å². The average molecular weight is 382 g/mol. The number of esters is 1. The van der Waals surface area contributed by atoms with Crippen LogP contribution in [-0.2, 0) is 30.8 Å². The van der Waals surface area contributed by atoms with Gasteiger partial charge in [-0.25, -0.2) is 13.6 Å². The molecular formula is C16H18N2O5S2. The molecule has 0 aliphatic carbocycles. The van der Waals surface area contributed by atoms with Crippen LogP contribution in [0.5, 0.6) is 0 Å². The van der Waals surface area contributed by atoms with Gasteiger partial charge in [0.05, 0.1) is 17.4 Å². The van der Waals surface area contributed by atoms with Crippen molar-refractivity contribution in [3.63, 3.8) is 0 Å². The third kappa shape index (κ3) is 5.96. The summed E-state index contributed by atoms with van der Waals surface area (Å²) in [4.78, 5) is 23.5. The number of sulfonamides is 1. The maximum atomic E-state index is 11.9. The lowest BCUT2D eigenvalue weighted by Gasteiger charge is -2.14. The molecule has 9 heteroatoms. The van der Waals surface area contributed by atoms with E-state index in [1.54, 1.807) is 19.1 Å². The highest BCUT2D eigenvalue weighted by Gasteiger charge is 2.14. The topological polar surface area (TPSA) is 116 Å². The molecule has 1 aromatic heterocycles. The van der Waals surface area contributed by atoms with Gasteiger partial charge in [-0.3, -0.25) is 9.59 Å². The van der Waals surface area contributed by atoms with Gasteiger partial charge in [0, 0.05) is 0 Å². The molecule has 1 amide bonds. The molecule has 7 nitrogen and oxygen atoms in total. The Morgan fingerprint density at radius 1 is 1.24 bits per heavy atom. The van der Waals surface area contributed by atoms with Crippen LogP contribution in [0.15, 0.2) is 46.0 Å². The summed E-state index contributed by atoms with van der Waals surface area (Å²) in [6, 6.07) is 7.31. The number of nitrogens with two attached hydrogens (primary N) is 1. The third-order valence-electron chi connectivity index (χ3n) is 3.38. The molecule has 0 saturated carbocycles. The number of benzene rings is 1. The maximum Gasteiger partial charge on any atom is 0.310 e. The van der Waals surface area contributed by atoms with Crippen LogP contribution < -0.4 is 10.5 Å². The van der Waals surface area contributed by atoms with Crippen LogP contribution in [0.2, 0.25) is 0 Å². The molecule has 0 unspecified atom stereocenters. The molecule has 3 N–H and O–H groups in total. The SMILES string of the molecule is C[C@H](NC(=O)COC(=O)Cc1ccsc1)c1ccc(S(N)(=O)=O)cc1. The van der Waals surface area contributed by atoms with Crippen molar-refractivity contribution in [2.45, 2.75) is 24.3 Å². The smallest absolute Gasteiger partial charge is 0.310 e. The van der Waals surface area contributed by atoms with Crippen molar-refractivity contribution in [2.75, 3.05) is 6.61 Å². The van der Waals surface area contributed by atoms with E-state index in [2.05, 4.69) is 5.32 Å². The number of amides is 1. The molecule has 2 aromatic rings. The second-order valence-electron chi connectivity index (χ2n) is 5.37. The molecule has 0 spiro atoms. The third-order valence-corrected chi connectivity index (χ3v) is 5.04. The quantitative estimate of drug-likeness (QED) is 0.702. The highest BCUT2D eigenvalue weighted by atomic mass is 32.2. The Morgan fingerprint density at radius 2 is 1.92 bits per heavy atom. The number of nitrogens with one attached hydrogen (secondary N) is 1. The van der Waals surface area contributed by atoms with Gasteiger partial charge >= 0.3 is 5.97 Å². The number of ether oxygens (including phenoxy) is 1. The van der Waals surface area contributed by atoms with E-state index in [0.29, 0.717) is 5.56 Å². The van der Waals surface area contributed by atoms with Crippen LogP contribution in [0, 0.1) is 0 Å². The minimum absolute atomic E-state index is 0.00265. The largest absolute Gasteiger partial charge is 0.455 e. The molecule has 1 aromatic carbocycles. The van der Waals surface area contributed by atoms with Gasteiger partial charge in [0.2, 0.25) is 10.0 Å². The summed E-state index contributed by atoms with van der Waals surface area (Å²) in [6.45, 7) is 1.36. The van der Waals surface area contributed by atoms with Crippen molar-refractivity contribution in [3.05, 3.63) is 52.2 Å². The molecule has 0 radical (unpaired) electrons.